The number of nitrogens with zero attached hydrogens (tertiary/aromatic N) is 4. The van der Waals surface area contributed by atoms with Gasteiger partial charge in [-0.25, -0.2) is 9.37 Å². The molecular weight excluding hydrogens is 444 g/mol. The third-order valence-electron chi connectivity index (χ3n) is 5.97. The zero-order valence-corrected chi connectivity index (χ0v) is 17.8. The lowest BCUT2D eigenvalue weighted by molar-refractivity contribution is -0.137. The van der Waals surface area contributed by atoms with Gasteiger partial charge in [0.05, 0.1) is 21.7 Å². The standard InChI is InChI=1S/C22H20F4N4OS/c23-16-4-5-18-19(11-16)32-21(27-18)30-12-14(13-30)20(31)29-8-6-28(7-9-29)17-3-1-2-15(10-17)22(24,25)26/h1-5,10-11,14H,6-9,12-13H2. The Morgan fingerprint density at radius 2 is 1.75 bits per heavy atom. The van der Waals surface area contributed by atoms with Crippen LogP contribution in [-0.4, -0.2) is 55.1 Å². The van der Waals surface area contributed by atoms with Crippen molar-refractivity contribution in [2.75, 3.05) is 49.1 Å². The summed E-state index contributed by atoms with van der Waals surface area (Å²) in [7, 11) is 0. The summed E-state index contributed by atoms with van der Waals surface area (Å²) in [6.45, 7) is 3.07. The van der Waals surface area contributed by atoms with Crippen LogP contribution in [0.3, 0.4) is 0 Å². The lowest BCUT2D eigenvalue weighted by atomic mass is 9.99. The van der Waals surface area contributed by atoms with E-state index in [0.717, 1.165) is 27.5 Å². The van der Waals surface area contributed by atoms with Crippen LogP contribution in [0, 0.1) is 11.7 Å². The number of carbonyl (C=O) groups is 1. The summed E-state index contributed by atoms with van der Waals surface area (Å²) in [5.41, 5.74) is 0.599. The minimum atomic E-state index is -4.37. The van der Waals surface area contributed by atoms with E-state index in [2.05, 4.69) is 4.98 Å². The van der Waals surface area contributed by atoms with E-state index < -0.39 is 11.7 Å². The summed E-state index contributed by atoms with van der Waals surface area (Å²) in [5.74, 6) is -0.357. The number of piperazine rings is 1. The van der Waals surface area contributed by atoms with Gasteiger partial charge in [0.1, 0.15) is 5.82 Å². The van der Waals surface area contributed by atoms with Gasteiger partial charge in [-0.1, -0.05) is 17.4 Å². The van der Waals surface area contributed by atoms with Gasteiger partial charge in [0.2, 0.25) is 5.91 Å². The third kappa shape index (κ3) is 3.99. The number of aromatic nitrogens is 1. The number of halogens is 4. The SMILES string of the molecule is O=C(C1CN(c2nc3ccc(F)cc3s2)C1)N1CCN(c2cccc(C(F)(F)F)c2)CC1. The normalized spacial score (nSPS) is 17.7. The summed E-state index contributed by atoms with van der Waals surface area (Å²) in [5, 5.41) is 0.781. The molecule has 3 heterocycles. The first-order valence-electron chi connectivity index (χ1n) is 10.3. The molecule has 5 nitrogen and oxygen atoms in total. The van der Waals surface area contributed by atoms with Crippen molar-refractivity contribution in [1.29, 1.82) is 0 Å². The molecule has 3 aromatic rings. The molecule has 2 fully saturated rings. The maximum Gasteiger partial charge on any atom is 0.416 e. The lowest BCUT2D eigenvalue weighted by Gasteiger charge is -2.43. The van der Waals surface area contributed by atoms with E-state index in [4.69, 9.17) is 0 Å². The van der Waals surface area contributed by atoms with Crippen LogP contribution in [0.25, 0.3) is 10.2 Å². The Morgan fingerprint density at radius 1 is 1.00 bits per heavy atom. The Balaban J connectivity index is 1.16. The van der Waals surface area contributed by atoms with Gasteiger partial charge in [-0.3, -0.25) is 4.79 Å². The predicted octanol–water partition coefficient (Wildman–Crippen LogP) is 4.24. The van der Waals surface area contributed by atoms with E-state index in [1.165, 1.54) is 29.5 Å². The second-order valence-corrected chi connectivity index (χ2v) is 9.08. The van der Waals surface area contributed by atoms with Crippen molar-refractivity contribution in [3.05, 3.63) is 53.8 Å². The van der Waals surface area contributed by atoms with Gasteiger partial charge in [-0.15, -0.1) is 0 Å². The Bertz CT molecular complexity index is 1150. The van der Waals surface area contributed by atoms with Crippen LogP contribution in [0.1, 0.15) is 5.56 Å². The van der Waals surface area contributed by atoms with Gasteiger partial charge in [-0.2, -0.15) is 13.2 Å². The van der Waals surface area contributed by atoms with Crippen molar-refractivity contribution in [2.24, 2.45) is 5.92 Å². The maximum absolute atomic E-state index is 13.4. The third-order valence-corrected chi connectivity index (χ3v) is 7.05. The summed E-state index contributed by atoms with van der Waals surface area (Å²) < 4.78 is 53.1. The minimum Gasteiger partial charge on any atom is -0.368 e. The van der Waals surface area contributed by atoms with Crippen molar-refractivity contribution in [2.45, 2.75) is 6.18 Å². The fourth-order valence-electron chi connectivity index (χ4n) is 4.13. The number of hydrogen-bond donors (Lipinski definition) is 0. The zero-order valence-electron chi connectivity index (χ0n) is 17.0. The highest BCUT2D eigenvalue weighted by molar-refractivity contribution is 7.22. The highest BCUT2D eigenvalue weighted by Gasteiger charge is 2.38. The van der Waals surface area contributed by atoms with Crippen LogP contribution in [0.2, 0.25) is 0 Å². The van der Waals surface area contributed by atoms with E-state index in [0.29, 0.717) is 45.0 Å². The van der Waals surface area contributed by atoms with Crippen LogP contribution in [0.15, 0.2) is 42.5 Å². The highest BCUT2D eigenvalue weighted by atomic mass is 32.1. The lowest BCUT2D eigenvalue weighted by Crippen LogP contribution is -2.58. The van der Waals surface area contributed by atoms with Crippen molar-refractivity contribution in [3.63, 3.8) is 0 Å². The second-order valence-electron chi connectivity index (χ2n) is 8.07. The van der Waals surface area contributed by atoms with E-state index in [1.54, 1.807) is 17.0 Å². The summed E-state index contributed by atoms with van der Waals surface area (Å²) >= 11 is 1.41. The number of thiazole rings is 1. The van der Waals surface area contributed by atoms with Crippen molar-refractivity contribution < 1.29 is 22.4 Å². The summed E-state index contributed by atoms with van der Waals surface area (Å²) in [6.07, 6.45) is -4.37. The van der Waals surface area contributed by atoms with Gasteiger partial charge in [0.25, 0.3) is 0 Å². The maximum atomic E-state index is 13.4. The fourth-order valence-corrected chi connectivity index (χ4v) is 5.14. The molecule has 0 aliphatic carbocycles. The zero-order chi connectivity index (χ0) is 22.5. The average molecular weight is 464 g/mol. The van der Waals surface area contributed by atoms with E-state index in [-0.39, 0.29) is 17.6 Å². The average Bonchev–Trinajstić information content (AvgIpc) is 3.14. The molecule has 0 atom stereocenters. The highest BCUT2D eigenvalue weighted by Crippen LogP contribution is 2.34. The number of benzene rings is 2. The Kier molecular flexibility index (Phi) is 5.19. The number of hydrogen-bond acceptors (Lipinski definition) is 5. The smallest absolute Gasteiger partial charge is 0.368 e. The molecule has 10 heteroatoms. The Labute approximate surface area is 185 Å². The largest absolute Gasteiger partial charge is 0.416 e. The van der Waals surface area contributed by atoms with Crippen LogP contribution < -0.4 is 9.80 Å². The molecule has 0 N–H and O–H groups in total. The molecule has 0 radical (unpaired) electrons. The first kappa shape index (κ1) is 21.0. The molecule has 1 amide bonds. The monoisotopic (exact) mass is 464 g/mol. The Morgan fingerprint density at radius 3 is 2.47 bits per heavy atom. The van der Waals surface area contributed by atoms with Gasteiger partial charge in [0.15, 0.2) is 5.13 Å². The molecule has 2 aliphatic heterocycles. The topological polar surface area (TPSA) is 39.7 Å². The minimum absolute atomic E-state index is 0.0668. The molecule has 5 rings (SSSR count). The first-order valence-corrected chi connectivity index (χ1v) is 11.1. The molecule has 0 unspecified atom stereocenters. The second kappa shape index (κ2) is 7.91. The van der Waals surface area contributed by atoms with Crippen LogP contribution in [0.5, 0.6) is 0 Å². The molecule has 1 aromatic heterocycles. The van der Waals surface area contributed by atoms with Gasteiger partial charge in [-0.05, 0) is 36.4 Å². The fraction of sp³-hybridized carbons (Fsp3) is 0.364. The number of anilines is 2. The van der Waals surface area contributed by atoms with Crippen LogP contribution in [0.4, 0.5) is 28.4 Å². The number of amides is 1. The van der Waals surface area contributed by atoms with E-state index in [1.807, 2.05) is 9.80 Å². The van der Waals surface area contributed by atoms with Crippen molar-refractivity contribution >= 4 is 38.3 Å². The quantitative estimate of drug-likeness (QED) is 0.544. The molecule has 2 saturated heterocycles. The predicted molar refractivity (Wildman–Crippen MR) is 116 cm³/mol. The number of rotatable bonds is 3. The van der Waals surface area contributed by atoms with Crippen LogP contribution >= 0.6 is 11.3 Å². The van der Waals surface area contributed by atoms with Crippen molar-refractivity contribution in [3.8, 4) is 0 Å². The summed E-state index contributed by atoms with van der Waals surface area (Å²) in [6, 6.07) is 9.79. The number of carbonyl (C=O) groups excluding carboxylic acids is 1. The van der Waals surface area contributed by atoms with Gasteiger partial charge >= 0.3 is 6.18 Å². The first-order chi connectivity index (χ1) is 15.3. The summed E-state index contributed by atoms with van der Waals surface area (Å²) in [4.78, 5) is 23.1. The molecule has 0 spiro atoms. The van der Waals surface area contributed by atoms with E-state index in [9.17, 15) is 22.4 Å². The molecule has 0 bridgehead atoms. The number of alkyl halides is 3. The van der Waals surface area contributed by atoms with Crippen LogP contribution in [-0.2, 0) is 11.0 Å². The van der Waals surface area contributed by atoms with Gasteiger partial charge in [0, 0.05) is 45.0 Å². The molecule has 2 aromatic carbocycles. The van der Waals surface area contributed by atoms with E-state index >= 15 is 0 Å². The number of fused-ring (bicyclic) bond motifs is 1. The molecule has 2 aliphatic rings. The van der Waals surface area contributed by atoms with Gasteiger partial charge < -0.3 is 14.7 Å². The molecule has 0 saturated carbocycles. The molecule has 168 valence electrons. The molecular formula is C22H20F4N4OS. The van der Waals surface area contributed by atoms with Crippen molar-refractivity contribution in [1.82, 2.24) is 9.88 Å². The Hall–Kier alpha value is -2.88. The molecule has 32 heavy (non-hydrogen) atoms.